The van der Waals surface area contributed by atoms with Crippen LogP contribution in [0.2, 0.25) is 0 Å². The summed E-state index contributed by atoms with van der Waals surface area (Å²) >= 11 is 0. The van der Waals surface area contributed by atoms with Gasteiger partial charge in [0, 0.05) is 50.1 Å². The molecular weight excluding hydrogens is 342 g/mol. The first-order valence-corrected chi connectivity index (χ1v) is 9.73. The number of carbonyl (C=O) groups excluding carboxylic acids is 1. The minimum atomic E-state index is -0.191. The fourth-order valence-electron chi connectivity index (χ4n) is 4.24. The zero-order valence-electron chi connectivity index (χ0n) is 17.4. The summed E-state index contributed by atoms with van der Waals surface area (Å²) in [6.45, 7) is 11.1. The molecule has 150 valence electrons. The molecule has 2 fully saturated rings. The molecule has 1 aliphatic heterocycles. The van der Waals surface area contributed by atoms with Crippen LogP contribution in [-0.4, -0.2) is 62.5 Å². The van der Waals surface area contributed by atoms with E-state index in [0.29, 0.717) is 0 Å². The van der Waals surface area contributed by atoms with Gasteiger partial charge in [0.2, 0.25) is 0 Å². The molecule has 0 aromatic heterocycles. The van der Waals surface area contributed by atoms with Crippen molar-refractivity contribution in [3.8, 4) is 0 Å². The largest absolute Gasteiger partial charge is 0.378 e. The Kier molecular flexibility index (Phi) is 5.41. The summed E-state index contributed by atoms with van der Waals surface area (Å²) in [4.78, 5) is 16.8. The normalized spacial score (nSPS) is 29.8. The Morgan fingerprint density at radius 3 is 2.52 bits per heavy atom. The number of nitrogens with one attached hydrogen (secondary N) is 1. The number of methoxy groups -OCH3 is 1. The number of urea groups is 1. The lowest BCUT2D eigenvalue weighted by molar-refractivity contribution is -0.197. The van der Waals surface area contributed by atoms with Gasteiger partial charge in [0.15, 0.2) is 0 Å². The molecule has 2 amide bonds. The van der Waals surface area contributed by atoms with E-state index >= 15 is 0 Å². The first-order valence-electron chi connectivity index (χ1n) is 9.73. The Morgan fingerprint density at radius 1 is 1.30 bits per heavy atom. The van der Waals surface area contributed by atoms with Gasteiger partial charge >= 0.3 is 6.03 Å². The topological polar surface area (TPSA) is 54.0 Å². The van der Waals surface area contributed by atoms with Crippen molar-refractivity contribution in [3.63, 3.8) is 0 Å². The molecule has 1 saturated carbocycles. The number of hydrogen-bond donors (Lipinski definition) is 1. The Morgan fingerprint density at radius 2 is 1.96 bits per heavy atom. The second kappa shape index (κ2) is 7.32. The standard InChI is InChI=1S/C21H33N3O3/c1-15-14-24(11-12-27-15)17-9-7-16(8-10-17)22-19(25)23(5)18-13-21(4,26-6)20(18,2)3/h7-10,15,18H,11-14H2,1-6H3,(H,22,25)/t15-,18+,21-/m1/s1. The molecule has 3 rings (SSSR count). The van der Waals surface area contributed by atoms with Crippen LogP contribution < -0.4 is 10.2 Å². The summed E-state index contributed by atoms with van der Waals surface area (Å²) in [6.07, 6.45) is 1.09. The van der Waals surface area contributed by atoms with E-state index in [1.807, 2.05) is 19.2 Å². The van der Waals surface area contributed by atoms with E-state index in [0.717, 1.165) is 37.5 Å². The number of rotatable bonds is 4. The number of morpholine rings is 1. The molecule has 1 aromatic rings. The van der Waals surface area contributed by atoms with Gasteiger partial charge in [-0.25, -0.2) is 4.79 Å². The minimum absolute atomic E-state index is 0.0843. The van der Waals surface area contributed by atoms with E-state index in [2.05, 4.69) is 50.0 Å². The second-order valence-electron chi connectivity index (χ2n) is 8.59. The van der Waals surface area contributed by atoms with Gasteiger partial charge in [0.05, 0.1) is 18.3 Å². The fourth-order valence-corrected chi connectivity index (χ4v) is 4.24. The van der Waals surface area contributed by atoms with Crippen molar-refractivity contribution < 1.29 is 14.3 Å². The maximum Gasteiger partial charge on any atom is 0.321 e. The lowest BCUT2D eigenvalue weighted by Crippen LogP contribution is -2.69. The van der Waals surface area contributed by atoms with Crippen molar-refractivity contribution in [3.05, 3.63) is 24.3 Å². The minimum Gasteiger partial charge on any atom is -0.378 e. The third-order valence-corrected chi connectivity index (χ3v) is 6.74. The first-order chi connectivity index (χ1) is 12.7. The first kappa shape index (κ1) is 20.0. The highest BCUT2D eigenvalue weighted by Gasteiger charge is 2.59. The molecule has 27 heavy (non-hydrogen) atoms. The predicted molar refractivity (Wildman–Crippen MR) is 108 cm³/mol. The van der Waals surface area contributed by atoms with Crippen LogP contribution in [-0.2, 0) is 9.47 Å². The van der Waals surface area contributed by atoms with Gasteiger partial charge in [0.1, 0.15) is 0 Å². The number of benzene rings is 1. The highest BCUT2D eigenvalue weighted by Crippen LogP contribution is 2.53. The third-order valence-electron chi connectivity index (χ3n) is 6.74. The summed E-state index contributed by atoms with van der Waals surface area (Å²) in [6, 6.07) is 8.11. The third kappa shape index (κ3) is 3.65. The van der Waals surface area contributed by atoms with Crippen molar-refractivity contribution >= 4 is 17.4 Å². The summed E-state index contributed by atoms with van der Waals surface area (Å²) in [7, 11) is 3.61. The molecule has 0 radical (unpaired) electrons. The number of hydrogen-bond acceptors (Lipinski definition) is 4. The average Bonchev–Trinajstić information content (AvgIpc) is 2.65. The van der Waals surface area contributed by atoms with Crippen molar-refractivity contribution in [2.75, 3.05) is 44.1 Å². The monoisotopic (exact) mass is 375 g/mol. The molecule has 0 unspecified atom stereocenters. The molecule has 1 heterocycles. The van der Waals surface area contributed by atoms with Gasteiger partial charge in [-0.2, -0.15) is 0 Å². The number of nitrogens with zero attached hydrogens (tertiary/aromatic N) is 2. The van der Waals surface area contributed by atoms with Gasteiger partial charge in [0.25, 0.3) is 0 Å². The van der Waals surface area contributed by atoms with Crippen LogP contribution in [0.5, 0.6) is 0 Å². The van der Waals surface area contributed by atoms with Crippen LogP contribution in [0.3, 0.4) is 0 Å². The van der Waals surface area contributed by atoms with Crippen LogP contribution in [0.25, 0.3) is 0 Å². The summed E-state index contributed by atoms with van der Waals surface area (Å²) in [5.74, 6) is 0. The quantitative estimate of drug-likeness (QED) is 0.874. The van der Waals surface area contributed by atoms with Crippen molar-refractivity contribution in [1.29, 1.82) is 0 Å². The van der Waals surface area contributed by atoms with Crippen LogP contribution in [0.4, 0.5) is 16.2 Å². The van der Waals surface area contributed by atoms with E-state index in [1.54, 1.807) is 12.0 Å². The maximum atomic E-state index is 12.7. The molecule has 1 aromatic carbocycles. The number of anilines is 2. The van der Waals surface area contributed by atoms with Crippen molar-refractivity contribution in [2.24, 2.45) is 5.41 Å². The Bertz CT molecular complexity index is 676. The average molecular weight is 376 g/mol. The molecule has 6 nitrogen and oxygen atoms in total. The van der Waals surface area contributed by atoms with Crippen molar-refractivity contribution in [1.82, 2.24) is 4.90 Å². The van der Waals surface area contributed by atoms with Gasteiger partial charge in [-0.05, 0) is 44.5 Å². The van der Waals surface area contributed by atoms with Crippen LogP contribution in [0.15, 0.2) is 24.3 Å². The second-order valence-corrected chi connectivity index (χ2v) is 8.59. The highest BCUT2D eigenvalue weighted by molar-refractivity contribution is 5.89. The molecule has 1 saturated heterocycles. The Labute approximate surface area is 162 Å². The number of ether oxygens (including phenoxy) is 2. The summed E-state index contributed by atoms with van der Waals surface area (Å²) in [5, 5.41) is 3.02. The van der Waals surface area contributed by atoms with E-state index in [4.69, 9.17) is 9.47 Å². The Balaban J connectivity index is 1.60. The van der Waals surface area contributed by atoms with Crippen LogP contribution in [0, 0.1) is 5.41 Å². The van der Waals surface area contributed by atoms with E-state index in [9.17, 15) is 4.79 Å². The fraction of sp³-hybridized carbons (Fsp3) is 0.667. The highest BCUT2D eigenvalue weighted by atomic mass is 16.5. The Hall–Kier alpha value is -1.79. The van der Waals surface area contributed by atoms with E-state index < -0.39 is 0 Å². The van der Waals surface area contributed by atoms with E-state index in [-0.39, 0.29) is 29.2 Å². The zero-order chi connectivity index (χ0) is 19.8. The maximum absolute atomic E-state index is 12.7. The predicted octanol–water partition coefficient (Wildman–Crippen LogP) is 3.58. The molecule has 6 heteroatoms. The number of amides is 2. The molecule has 3 atom stereocenters. The lowest BCUT2D eigenvalue weighted by Gasteiger charge is -2.61. The molecule has 0 spiro atoms. The molecule has 1 N–H and O–H groups in total. The summed E-state index contributed by atoms with van der Waals surface area (Å²) < 4.78 is 11.3. The van der Waals surface area contributed by atoms with Crippen molar-refractivity contribution in [2.45, 2.75) is 51.9 Å². The van der Waals surface area contributed by atoms with Crippen LogP contribution >= 0.6 is 0 Å². The molecular formula is C21H33N3O3. The van der Waals surface area contributed by atoms with Gasteiger partial charge in [-0.15, -0.1) is 0 Å². The molecule has 1 aliphatic carbocycles. The van der Waals surface area contributed by atoms with Gasteiger partial charge in [-0.3, -0.25) is 0 Å². The molecule has 0 bridgehead atoms. The smallest absolute Gasteiger partial charge is 0.321 e. The molecule has 2 aliphatic rings. The SMILES string of the molecule is CO[C@]1(C)C[C@H](N(C)C(=O)Nc2ccc(N3CCO[C@H](C)C3)cc2)C1(C)C. The summed E-state index contributed by atoms with van der Waals surface area (Å²) in [5.41, 5.74) is 1.68. The van der Waals surface area contributed by atoms with E-state index in [1.165, 1.54) is 0 Å². The van der Waals surface area contributed by atoms with Gasteiger partial charge < -0.3 is 24.6 Å². The number of carbonyl (C=O) groups is 1. The lowest BCUT2D eigenvalue weighted by atomic mass is 9.55. The zero-order valence-corrected chi connectivity index (χ0v) is 17.4. The van der Waals surface area contributed by atoms with Gasteiger partial charge in [-0.1, -0.05) is 13.8 Å². The van der Waals surface area contributed by atoms with Crippen LogP contribution in [0.1, 0.15) is 34.1 Å².